The van der Waals surface area contributed by atoms with Crippen molar-refractivity contribution in [3.05, 3.63) is 50.4 Å². The maximum absolute atomic E-state index is 13.6. The molecule has 2 nitrogen and oxygen atoms in total. The molecule has 1 aromatic carbocycles. The van der Waals surface area contributed by atoms with Crippen molar-refractivity contribution < 1.29 is 9.13 Å². The van der Waals surface area contributed by atoms with Crippen molar-refractivity contribution in [2.24, 2.45) is 0 Å². The lowest BCUT2D eigenvalue weighted by molar-refractivity contribution is 0.307. The van der Waals surface area contributed by atoms with E-state index in [4.69, 9.17) is 4.74 Å². The highest BCUT2D eigenvalue weighted by molar-refractivity contribution is 9.10. The van der Waals surface area contributed by atoms with Crippen molar-refractivity contribution >= 4 is 27.3 Å². The van der Waals surface area contributed by atoms with Crippen LogP contribution in [-0.4, -0.2) is 6.04 Å². The third-order valence-electron chi connectivity index (χ3n) is 2.71. The summed E-state index contributed by atoms with van der Waals surface area (Å²) in [6, 6.07) is 7.17. The summed E-state index contributed by atoms with van der Waals surface area (Å²) >= 11 is 5.07. The van der Waals surface area contributed by atoms with Crippen LogP contribution in [0.3, 0.4) is 0 Å². The van der Waals surface area contributed by atoms with Gasteiger partial charge in [-0.15, -0.1) is 11.3 Å². The molecule has 2 aromatic rings. The summed E-state index contributed by atoms with van der Waals surface area (Å²) < 4.78 is 20.3. The fraction of sp³-hybridized carbons (Fsp3) is 0.333. The predicted octanol–water partition coefficient (Wildman–Crippen LogP) is 4.73. The van der Waals surface area contributed by atoms with E-state index in [9.17, 15) is 4.39 Å². The summed E-state index contributed by atoms with van der Waals surface area (Å²) in [5.74, 6) is 0.291. The summed E-state index contributed by atoms with van der Waals surface area (Å²) in [7, 11) is 0. The summed E-state index contributed by atoms with van der Waals surface area (Å²) in [6.07, 6.45) is 0. The van der Waals surface area contributed by atoms with Crippen molar-refractivity contribution in [1.29, 1.82) is 0 Å². The van der Waals surface area contributed by atoms with Crippen LogP contribution in [0.25, 0.3) is 0 Å². The average molecular weight is 358 g/mol. The molecule has 0 aliphatic rings. The second-order valence-electron chi connectivity index (χ2n) is 4.81. The number of thiophene rings is 1. The number of halogens is 2. The molecule has 0 saturated carbocycles. The lowest BCUT2D eigenvalue weighted by atomic mass is 10.2. The van der Waals surface area contributed by atoms with E-state index in [1.54, 1.807) is 11.3 Å². The second kappa shape index (κ2) is 7.20. The largest absolute Gasteiger partial charge is 0.488 e. The molecule has 0 aliphatic heterocycles. The molecular weight excluding hydrogens is 341 g/mol. The molecule has 108 valence electrons. The Bertz CT molecular complexity index is 571. The monoisotopic (exact) mass is 357 g/mol. The molecule has 1 aromatic heterocycles. The van der Waals surface area contributed by atoms with Gasteiger partial charge >= 0.3 is 0 Å². The smallest absolute Gasteiger partial charge is 0.127 e. The summed E-state index contributed by atoms with van der Waals surface area (Å²) in [5.41, 5.74) is 0.888. The highest BCUT2D eigenvalue weighted by Gasteiger charge is 2.06. The maximum Gasteiger partial charge on any atom is 0.127 e. The van der Waals surface area contributed by atoms with Crippen molar-refractivity contribution in [1.82, 2.24) is 5.32 Å². The summed E-state index contributed by atoms with van der Waals surface area (Å²) in [6.45, 7) is 5.20. The Kier molecular flexibility index (Phi) is 5.57. The molecular formula is C15H17BrFNOS. The van der Waals surface area contributed by atoms with Gasteiger partial charge in [-0.25, -0.2) is 4.39 Å². The topological polar surface area (TPSA) is 21.3 Å². The fourth-order valence-electron chi connectivity index (χ4n) is 1.71. The second-order valence-corrected chi connectivity index (χ2v) is 6.67. The van der Waals surface area contributed by atoms with Crippen molar-refractivity contribution in [2.45, 2.75) is 33.0 Å². The van der Waals surface area contributed by atoms with Crippen LogP contribution in [0, 0.1) is 5.82 Å². The van der Waals surface area contributed by atoms with E-state index in [0.717, 1.165) is 14.9 Å². The molecule has 0 unspecified atom stereocenters. The van der Waals surface area contributed by atoms with Gasteiger partial charge in [0.1, 0.15) is 18.2 Å². The third kappa shape index (κ3) is 4.58. The number of benzene rings is 1. The molecule has 5 heteroatoms. The van der Waals surface area contributed by atoms with Gasteiger partial charge in [-0.2, -0.15) is 0 Å². The Morgan fingerprint density at radius 2 is 2.15 bits per heavy atom. The molecule has 0 fully saturated rings. The SMILES string of the molecule is CC(C)NCc1cc(F)cc(OCc2sccc2Br)c1. The molecule has 0 aliphatic carbocycles. The molecule has 0 atom stereocenters. The molecule has 0 spiro atoms. The van der Waals surface area contributed by atoms with E-state index in [1.807, 2.05) is 17.5 Å². The fourth-order valence-corrected chi connectivity index (χ4v) is 3.08. The van der Waals surface area contributed by atoms with E-state index in [-0.39, 0.29) is 5.82 Å². The molecule has 1 N–H and O–H groups in total. The van der Waals surface area contributed by atoms with Gasteiger partial charge in [-0.05, 0) is 45.1 Å². The normalized spacial score (nSPS) is 11.1. The Hall–Kier alpha value is -0.910. The lowest BCUT2D eigenvalue weighted by Gasteiger charge is -2.11. The van der Waals surface area contributed by atoms with Crippen LogP contribution in [0.4, 0.5) is 4.39 Å². The molecule has 0 amide bonds. The van der Waals surface area contributed by atoms with Crippen LogP contribution in [0.2, 0.25) is 0 Å². The Morgan fingerprint density at radius 3 is 2.80 bits per heavy atom. The van der Waals surface area contributed by atoms with Gasteiger partial charge in [-0.3, -0.25) is 0 Å². The van der Waals surface area contributed by atoms with Crippen LogP contribution < -0.4 is 10.1 Å². The Balaban J connectivity index is 2.02. The van der Waals surface area contributed by atoms with Gasteiger partial charge in [0, 0.05) is 23.1 Å². The van der Waals surface area contributed by atoms with Crippen LogP contribution in [0.5, 0.6) is 5.75 Å². The highest BCUT2D eigenvalue weighted by atomic mass is 79.9. The number of hydrogen-bond acceptors (Lipinski definition) is 3. The molecule has 0 bridgehead atoms. The first-order valence-corrected chi connectivity index (χ1v) is 8.09. The standard InChI is InChI=1S/C15H17BrFNOS/c1-10(2)18-8-11-5-12(17)7-13(6-11)19-9-15-14(16)3-4-20-15/h3-7,10,18H,8-9H2,1-2H3. The average Bonchev–Trinajstić information content (AvgIpc) is 2.79. The van der Waals surface area contributed by atoms with Crippen molar-refractivity contribution in [3.63, 3.8) is 0 Å². The third-order valence-corrected chi connectivity index (χ3v) is 4.61. The number of hydrogen-bond donors (Lipinski definition) is 1. The maximum atomic E-state index is 13.6. The van der Waals surface area contributed by atoms with Crippen LogP contribution in [0.15, 0.2) is 34.1 Å². The van der Waals surface area contributed by atoms with Gasteiger partial charge in [0.25, 0.3) is 0 Å². The van der Waals surface area contributed by atoms with E-state index in [1.165, 1.54) is 12.1 Å². The van der Waals surface area contributed by atoms with Crippen LogP contribution in [-0.2, 0) is 13.2 Å². The van der Waals surface area contributed by atoms with E-state index in [0.29, 0.717) is 24.9 Å². The zero-order chi connectivity index (χ0) is 14.5. The molecule has 2 rings (SSSR count). The van der Waals surface area contributed by atoms with Gasteiger partial charge < -0.3 is 10.1 Å². The van der Waals surface area contributed by atoms with Gasteiger partial charge in [-0.1, -0.05) is 13.8 Å². The number of ether oxygens (including phenoxy) is 1. The first-order chi connectivity index (χ1) is 9.54. The molecule has 1 heterocycles. The zero-order valence-electron chi connectivity index (χ0n) is 11.5. The molecule has 0 radical (unpaired) electrons. The van der Waals surface area contributed by atoms with Crippen LogP contribution in [0.1, 0.15) is 24.3 Å². The minimum atomic E-state index is -0.270. The Labute approximate surface area is 131 Å². The number of nitrogens with one attached hydrogen (secondary N) is 1. The van der Waals surface area contributed by atoms with Gasteiger partial charge in [0.2, 0.25) is 0 Å². The first-order valence-electron chi connectivity index (χ1n) is 6.42. The van der Waals surface area contributed by atoms with E-state index in [2.05, 4.69) is 35.1 Å². The minimum absolute atomic E-state index is 0.270. The van der Waals surface area contributed by atoms with Gasteiger partial charge in [0.15, 0.2) is 0 Å². The highest BCUT2D eigenvalue weighted by Crippen LogP contribution is 2.25. The first kappa shape index (κ1) is 15.5. The van der Waals surface area contributed by atoms with Crippen molar-refractivity contribution in [2.75, 3.05) is 0 Å². The van der Waals surface area contributed by atoms with E-state index < -0.39 is 0 Å². The quantitative estimate of drug-likeness (QED) is 0.806. The summed E-state index contributed by atoms with van der Waals surface area (Å²) in [4.78, 5) is 1.09. The summed E-state index contributed by atoms with van der Waals surface area (Å²) in [5, 5.41) is 5.26. The zero-order valence-corrected chi connectivity index (χ0v) is 13.9. The molecule has 0 saturated heterocycles. The Morgan fingerprint density at radius 1 is 1.35 bits per heavy atom. The minimum Gasteiger partial charge on any atom is -0.488 e. The van der Waals surface area contributed by atoms with E-state index >= 15 is 0 Å². The lowest BCUT2D eigenvalue weighted by Crippen LogP contribution is -2.21. The van der Waals surface area contributed by atoms with Gasteiger partial charge in [0.05, 0.1) is 4.88 Å². The number of rotatable bonds is 6. The molecule has 20 heavy (non-hydrogen) atoms. The van der Waals surface area contributed by atoms with Crippen LogP contribution >= 0.6 is 27.3 Å². The predicted molar refractivity (Wildman–Crippen MR) is 84.7 cm³/mol. The van der Waals surface area contributed by atoms with Crippen molar-refractivity contribution in [3.8, 4) is 5.75 Å².